The Morgan fingerprint density at radius 1 is 1.08 bits per heavy atom. The van der Waals surface area contributed by atoms with Crippen LogP contribution in [0.1, 0.15) is 46.0 Å². The first-order valence-corrected chi connectivity index (χ1v) is 8.00. The van der Waals surface area contributed by atoms with Crippen LogP contribution in [0.4, 0.5) is 0 Å². The maximum atomic E-state index is 12.2. The molecule has 5 heteroatoms. The van der Waals surface area contributed by atoms with E-state index in [2.05, 4.69) is 12.2 Å². The Hall–Kier alpha value is -2.82. The number of nitrogens with two attached hydrogens (primary N) is 1. The molecule has 0 bridgehead atoms. The SMILES string of the molecule is CCCCOc1ccc(C(=O)NCc2cccc(C(N)=O)c2)cc1. The smallest absolute Gasteiger partial charge is 0.251 e. The summed E-state index contributed by atoms with van der Waals surface area (Å²) in [4.78, 5) is 23.3. The third-order valence-corrected chi connectivity index (χ3v) is 3.55. The van der Waals surface area contributed by atoms with E-state index in [0.717, 1.165) is 24.2 Å². The van der Waals surface area contributed by atoms with Crippen molar-refractivity contribution in [2.24, 2.45) is 5.73 Å². The Bertz CT molecular complexity index is 696. The molecule has 2 rings (SSSR count). The maximum absolute atomic E-state index is 12.2. The van der Waals surface area contributed by atoms with Crippen LogP contribution in [0.3, 0.4) is 0 Å². The lowest BCUT2D eigenvalue weighted by Crippen LogP contribution is -2.23. The summed E-state index contributed by atoms with van der Waals surface area (Å²) < 4.78 is 5.57. The monoisotopic (exact) mass is 326 g/mol. The third kappa shape index (κ3) is 5.12. The number of nitrogens with one attached hydrogen (secondary N) is 1. The molecule has 3 N–H and O–H groups in total. The topological polar surface area (TPSA) is 81.4 Å². The number of primary amides is 1. The summed E-state index contributed by atoms with van der Waals surface area (Å²) in [6, 6.07) is 13.9. The van der Waals surface area contributed by atoms with Crippen LogP contribution in [0.25, 0.3) is 0 Å². The fourth-order valence-electron chi connectivity index (χ4n) is 2.16. The molecule has 0 heterocycles. The molecule has 0 atom stereocenters. The number of ether oxygens (including phenoxy) is 1. The number of amides is 2. The van der Waals surface area contributed by atoms with Gasteiger partial charge in [-0.1, -0.05) is 25.5 Å². The second-order valence-corrected chi connectivity index (χ2v) is 5.47. The van der Waals surface area contributed by atoms with Crippen LogP contribution in [-0.4, -0.2) is 18.4 Å². The van der Waals surface area contributed by atoms with Crippen molar-refractivity contribution in [3.8, 4) is 5.75 Å². The summed E-state index contributed by atoms with van der Waals surface area (Å²) in [7, 11) is 0. The quantitative estimate of drug-likeness (QED) is 0.732. The summed E-state index contributed by atoms with van der Waals surface area (Å²) in [5.41, 5.74) is 7.05. The van der Waals surface area contributed by atoms with Gasteiger partial charge < -0.3 is 15.8 Å². The minimum absolute atomic E-state index is 0.181. The van der Waals surface area contributed by atoms with E-state index in [1.165, 1.54) is 0 Å². The molecule has 0 aliphatic carbocycles. The second kappa shape index (κ2) is 8.72. The largest absolute Gasteiger partial charge is 0.494 e. The zero-order chi connectivity index (χ0) is 17.4. The molecule has 0 aliphatic heterocycles. The first-order chi connectivity index (χ1) is 11.6. The van der Waals surface area contributed by atoms with Crippen LogP contribution in [-0.2, 0) is 6.54 Å². The fourth-order valence-corrected chi connectivity index (χ4v) is 2.16. The molecule has 0 fully saturated rings. The highest BCUT2D eigenvalue weighted by atomic mass is 16.5. The Kier molecular flexibility index (Phi) is 6.37. The molecule has 2 amide bonds. The fraction of sp³-hybridized carbons (Fsp3) is 0.263. The van der Waals surface area contributed by atoms with Crippen molar-refractivity contribution in [1.82, 2.24) is 5.32 Å². The number of benzene rings is 2. The molecule has 0 saturated carbocycles. The van der Waals surface area contributed by atoms with E-state index in [9.17, 15) is 9.59 Å². The van der Waals surface area contributed by atoms with Crippen molar-refractivity contribution >= 4 is 11.8 Å². The van der Waals surface area contributed by atoms with E-state index < -0.39 is 5.91 Å². The molecule has 0 aromatic heterocycles. The average Bonchev–Trinajstić information content (AvgIpc) is 2.60. The molecular formula is C19H22N2O3. The molecule has 0 saturated heterocycles. The predicted molar refractivity (Wildman–Crippen MR) is 93.0 cm³/mol. The third-order valence-electron chi connectivity index (χ3n) is 3.55. The number of rotatable bonds is 8. The molecular weight excluding hydrogens is 304 g/mol. The van der Waals surface area contributed by atoms with Crippen molar-refractivity contribution in [3.05, 3.63) is 65.2 Å². The molecule has 0 aliphatic rings. The van der Waals surface area contributed by atoms with Crippen LogP contribution in [0.5, 0.6) is 5.75 Å². The van der Waals surface area contributed by atoms with E-state index in [4.69, 9.17) is 10.5 Å². The number of carbonyl (C=O) groups excluding carboxylic acids is 2. The Labute approximate surface area is 141 Å². The number of hydrogen-bond donors (Lipinski definition) is 2. The highest BCUT2D eigenvalue weighted by molar-refractivity contribution is 5.94. The van der Waals surface area contributed by atoms with E-state index in [1.807, 2.05) is 6.07 Å². The first-order valence-electron chi connectivity index (χ1n) is 8.00. The van der Waals surface area contributed by atoms with E-state index in [-0.39, 0.29) is 5.91 Å². The van der Waals surface area contributed by atoms with Crippen molar-refractivity contribution in [1.29, 1.82) is 0 Å². The minimum Gasteiger partial charge on any atom is -0.494 e. The van der Waals surface area contributed by atoms with Crippen molar-refractivity contribution in [2.75, 3.05) is 6.61 Å². The number of hydrogen-bond acceptors (Lipinski definition) is 3. The summed E-state index contributed by atoms with van der Waals surface area (Å²) in [5, 5.41) is 2.82. The first kappa shape index (κ1) is 17.5. The van der Waals surface area contributed by atoms with E-state index >= 15 is 0 Å². The molecule has 5 nitrogen and oxygen atoms in total. The lowest BCUT2D eigenvalue weighted by molar-refractivity contribution is 0.0950. The Balaban J connectivity index is 1.90. The van der Waals surface area contributed by atoms with Gasteiger partial charge in [0.25, 0.3) is 5.91 Å². The molecule has 126 valence electrons. The van der Waals surface area contributed by atoms with Gasteiger partial charge in [0.1, 0.15) is 5.75 Å². The van der Waals surface area contributed by atoms with Gasteiger partial charge in [0.2, 0.25) is 5.91 Å². The Morgan fingerprint density at radius 3 is 2.50 bits per heavy atom. The van der Waals surface area contributed by atoms with Crippen LogP contribution >= 0.6 is 0 Å². The summed E-state index contributed by atoms with van der Waals surface area (Å²) in [5.74, 6) is 0.0931. The number of carbonyl (C=O) groups is 2. The lowest BCUT2D eigenvalue weighted by Gasteiger charge is -2.08. The zero-order valence-electron chi connectivity index (χ0n) is 13.7. The molecule has 2 aromatic carbocycles. The van der Waals surface area contributed by atoms with Gasteiger partial charge >= 0.3 is 0 Å². The van der Waals surface area contributed by atoms with Crippen LogP contribution in [0, 0.1) is 0 Å². The normalized spacial score (nSPS) is 10.2. The van der Waals surface area contributed by atoms with Crippen LogP contribution < -0.4 is 15.8 Å². The van der Waals surface area contributed by atoms with Gasteiger partial charge in [0.05, 0.1) is 6.61 Å². The highest BCUT2D eigenvalue weighted by Gasteiger charge is 2.07. The minimum atomic E-state index is -0.484. The highest BCUT2D eigenvalue weighted by Crippen LogP contribution is 2.13. The van der Waals surface area contributed by atoms with E-state index in [1.54, 1.807) is 42.5 Å². The van der Waals surface area contributed by atoms with Gasteiger partial charge in [-0.2, -0.15) is 0 Å². The van der Waals surface area contributed by atoms with Crippen LogP contribution in [0.2, 0.25) is 0 Å². The van der Waals surface area contributed by atoms with Gasteiger partial charge in [-0.15, -0.1) is 0 Å². The van der Waals surface area contributed by atoms with Crippen molar-refractivity contribution in [3.63, 3.8) is 0 Å². The van der Waals surface area contributed by atoms with Gasteiger partial charge in [-0.25, -0.2) is 0 Å². The van der Waals surface area contributed by atoms with Crippen molar-refractivity contribution in [2.45, 2.75) is 26.3 Å². The average molecular weight is 326 g/mol. The summed E-state index contributed by atoms with van der Waals surface area (Å²) >= 11 is 0. The molecule has 2 aromatic rings. The standard InChI is InChI=1S/C19H22N2O3/c1-2-3-11-24-17-9-7-15(8-10-17)19(23)21-13-14-5-4-6-16(12-14)18(20)22/h4-10,12H,2-3,11,13H2,1H3,(H2,20,22)(H,21,23). The maximum Gasteiger partial charge on any atom is 0.251 e. The van der Waals surface area contributed by atoms with Gasteiger partial charge in [0, 0.05) is 17.7 Å². The summed E-state index contributed by atoms with van der Waals surface area (Å²) in [6.07, 6.45) is 2.09. The van der Waals surface area contributed by atoms with Gasteiger partial charge in [-0.3, -0.25) is 9.59 Å². The molecule has 0 radical (unpaired) electrons. The molecule has 0 spiro atoms. The van der Waals surface area contributed by atoms with Gasteiger partial charge in [-0.05, 0) is 48.4 Å². The lowest BCUT2D eigenvalue weighted by atomic mass is 10.1. The van der Waals surface area contributed by atoms with Gasteiger partial charge in [0.15, 0.2) is 0 Å². The molecule has 0 unspecified atom stereocenters. The summed E-state index contributed by atoms with van der Waals surface area (Å²) in [6.45, 7) is 3.11. The van der Waals surface area contributed by atoms with E-state index in [0.29, 0.717) is 24.3 Å². The number of unbranched alkanes of at least 4 members (excludes halogenated alkanes) is 1. The Morgan fingerprint density at radius 2 is 1.83 bits per heavy atom. The second-order valence-electron chi connectivity index (χ2n) is 5.47. The predicted octanol–water partition coefficient (Wildman–Crippen LogP) is 2.89. The van der Waals surface area contributed by atoms with Crippen molar-refractivity contribution < 1.29 is 14.3 Å². The van der Waals surface area contributed by atoms with Crippen LogP contribution in [0.15, 0.2) is 48.5 Å². The zero-order valence-corrected chi connectivity index (χ0v) is 13.7. The molecule has 24 heavy (non-hydrogen) atoms.